The molecule has 1 heterocycles. The van der Waals surface area contributed by atoms with Crippen molar-refractivity contribution in [2.45, 2.75) is 13.5 Å². The molecule has 0 saturated heterocycles. The Morgan fingerprint density at radius 2 is 2.11 bits per heavy atom. The van der Waals surface area contributed by atoms with Gasteiger partial charge in [0.15, 0.2) is 0 Å². The Kier molecular flexibility index (Phi) is 3.80. The van der Waals surface area contributed by atoms with Crippen molar-refractivity contribution < 1.29 is 4.79 Å². The summed E-state index contributed by atoms with van der Waals surface area (Å²) < 4.78 is 1.85. The number of amides is 1. The van der Waals surface area contributed by atoms with E-state index >= 15 is 0 Å². The van der Waals surface area contributed by atoms with Crippen molar-refractivity contribution in [2.24, 2.45) is 5.73 Å². The Labute approximate surface area is 118 Å². The lowest BCUT2D eigenvalue weighted by Crippen LogP contribution is -2.24. The summed E-state index contributed by atoms with van der Waals surface area (Å²) in [4.78, 5) is 27.5. The molecule has 98 valence electrons. The number of nitrogens with two attached hydrogens (primary N) is 1. The fourth-order valence-corrected chi connectivity index (χ4v) is 2.07. The van der Waals surface area contributed by atoms with E-state index in [1.807, 2.05) is 0 Å². The maximum atomic E-state index is 12.0. The molecular weight excluding hydrogens is 310 g/mol. The highest BCUT2D eigenvalue weighted by molar-refractivity contribution is 9.10. The number of carbonyl (C=O) groups is 1. The Hall–Kier alpha value is -1.95. The van der Waals surface area contributed by atoms with E-state index in [4.69, 9.17) is 5.73 Å². The third kappa shape index (κ3) is 2.73. The number of aromatic nitrogens is 2. The third-order valence-electron chi connectivity index (χ3n) is 2.78. The molecule has 0 fully saturated rings. The smallest absolute Gasteiger partial charge is 0.268 e. The van der Waals surface area contributed by atoms with E-state index in [0.29, 0.717) is 21.3 Å². The average Bonchev–Trinajstić information content (AvgIpc) is 2.40. The average molecular weight is 322 g/mol. The van der Waals surface area contributed by atoms with Crippen LogP contribution in [0.2, 0.25) is 0 Å². The predicted molar refractivity (Wildman–Crippen MR) is 75.0 cm³/mol. The van der Waals surface area contributed by atoms with Gasteiger partial charge in [-0.15, -0.1) is 0 Å². The van der Waals surface area contributed by atoms with Crippen LogP contribution in [0.1, 0.15) is 21.6 Å². The molecule has 0 aliphatic carbocycles. The number of hydrogen-bond donors (Lipinski definition) is 1. The van der Waals surface area contributed by atoms with E-state index in [2.05, 4.69) is 20.9 Å². The number of rotatable bonds is 3. The van der Waals surface area contributed by atoms with Crippen molar-refractivity contribution in [1.29, 1.82) is 0 Å². The Bertz CT molecular complexity index is 695. The van der Waals surface area contributed by atoms with Gasteiger partial charge in [-0.2, -0.15) is 0 Å². The minimum Gasteiger partial charge on any atom is -0.366 e. The number of hydrogen-bond acceptors (Lipinski definition) is 3. The second kappa shape index (κ2) is 5.36. The number of benzene rings is 1. The lowest BCUT2D eigenvalue weighted by molar-refractivity contribution is 0.0999. The maximum absolute atomic E-state index is 12.0. The largest absolute Gasteiger partial charge is 0.366 e. The summed E-state index contributed by atoms with van der Waals surface area (Å²) in [5.74, 6) is -0.511. The van der Waals surface area contributed by atoms with Crippen molar-refractivity contribution in [3.63, 3.8) is 0 Å². The zero-order chi connectivity index (χ0) is 14.0. The molecular formula is C13H12BrN3O2. The summed E-state index contributed by atoms with van der Waals surface area (Å²) in [5, 5.41) is 0. The zero-order valence-electron chi connectivity index (χ0n) is 10.3. The maximum Gasteiger partial charge on any atom is 0.268 e. The molecule has 6 heteroatoms. The Morgan fingerprint density at radius 3 is 2.79 bits per heavy atom. The van der Waals surface area contributed by atoms with Crippen LogP contribution in [0.4, 0.5) is 0 Å². The van der Waals surface area contributed by atoms with Gasteiger partial charge in [0.25, 0.3) is 5.56 Å². The molecule has 19 heavy (non-hydrogen) atoms. The number of halogens is 1. The first kappa shape index (κ1) is 13.5. The fraction of sp³-hybridized carbons (Fsp3) is 0.154. The van der Waals surface area contributed by atoms with Gasteiger partial charge in [-0.05, 0) is 34.5 Å². The van der Waals surface area contributed by atoms with Crippen molar-refractivity contribution in [1.82, 2.24) is 9.55 Å². The van der Waals surface area contributed by atoms with Crippen molar-refractivity contribution in [3.8, 4) is 0 Å². The monoisotopic (exact) mass is 321 g/mol. The quantitative estimate of drug-likeness (QED) is 0.929. The van der Waals surface area contributed by atoms with Crippen molar-refractivity contribution >= 4 is 21.8 Å². The molecule has 2 aromatic rings. The highest BCUT2D eigenvalue weighted by Crippen LogP contribution is 2.11. The van der Waals surface area contributed by atoms with Gasteiger partial charge >= 0.3 is 0 Å². The molecule has 1 aromatic heterocycles. The van der Waals surface area contributed by atoms with Crippen LogP contribution in [0, 0.1) is 6.92 Å². The topological polar surface area (TPSA) is 78.0 Å². The van der Waals surface area contributed by atoms with Crippen LogP contribution in [0.3, 0.4) is 0 Å². The lowest BCUT2D eigenvalue weighted by Gasteiger charge is -2.09. The van der Waals surface area contributed by atoms with Crippen LogP contribution in [-0.2, 0) is 6.54 Å². The SMILES string of the molecule is Cc1ncn(Cc2ccccc2C(N)=O)c(=O)c1Br. The summed E-state index contributed by atoms with van der Waals surface area (Å²) in [6, 6.07) is 6.93. The summed E-state index contributed by atoms with van der Waals surface area (Å²) >= 11 is 3.20. The molecule has 1 aromatic carbocycles. The molecule has 0 unspecified atom stereocenters. The second-order valence-electron chi connectivity index (χ2n) is 4.10. The molecule has 0 radical (unpaired) electrons. The van der Waals surface area contributed by atoms with E-state index in [1.54, 1.807) is 31.2 Å². The number of aryl methyl sites for hydroxylation is 1. The van der Waals surface area contributed by atoms with Gasteiger partial charge in [-0.1, -0.05) is 18.2 Å². The molecule has 5 nitrogen and oxygen atoms in total. The highest BCUT2D eigenvalue weighted by atomic mass is 79.9. The second-order valence-corrected chi connectivity index (χ2v) is 4.89. The molecule has 1 amide bonds. The Morgan fingerprint density at radius 1 is 1.42 bits per heavy atom. The summed E-state index contributed by atoms with van der Waals surface area (Å²) in [7, 11) is 0. The van der Waals surface area contributed by atoms with Crippen LogP contribution >= 0.6 is 15.9 Å². The minimum absolute atomic E-state index is 0.188. The predicted octanol–water partition coefficient (Wildman–Crippen LogP) is 1.46. The highest BCUT2D eigenvalue weighted by Gasteiger charge is 2.10. The lowest BCUT2D eigenvalue weighted by atomic mass is 10.1. The first-order valence-electron chi connectivity index (χ1n) is 5.60. The number of primary amides is 1. The van der Waals surface area contributed by atoms with Gasteiger partial charge in [-0.3, -0.25) is 14.2 Å². The van der Waals surface area contributed by atoms with Crippen LogP contribution < -0.4 is 11.3 Å². The minimum atomic E-state index is -0.511. The van der Waals surface area contributed by atoms with E-state index < -0.39 is 5.91 Å². The normalized spacial score (nSPS) is 10.4. The van der Waals surface area contributed by atoms with E-state index in [-0.39, 0.29) is 12.1 Å². The molecule has 0 spiro atoms. The van der Waals surface area contributed by atoms with Gasteiger partial charge in [-0.25, -0.2) is 4.98 Å². The summed E-state index contributed by atoms with van der Waals surface area (Å²) in [5.41, 5.74) is 6.85. The molecule has 2 N–H and O–H groups in total. The first-order valence-corrected chi connectivity index (χ1v) is 6.39. The van der Waals surface area contributed by atoms with E-state index in [9.17, 15) is 9.59 Å². The Balaban J connectivity index is 2.46. The number of nitrogens with zero attached hydrogens (tertiary/aromatic N) is 2. The molecule has 0 saturated carbocycles. The molecule has 0 aliphatic heterocycles. The molecule has 0 bridgehead atoms. The summed E-state index contributed by atoms with van der Waals surface area (Å²) in [6.45, 7) is 2.00. The first-order chi connectivity index (χ1) is 9.00. The van der Waals surface area contributed by atoms with Gasteiger partial charge in [0.2, 0.25) is 5.91 Å². The van der Waals surface area contributed by atoms with Gasteiger partial charge in [0, 0.05) is 5.56 Å². The van der Waals surface area contributed by atoms with E-state index in [1.165, 1.54) is 10.9 Å². The van der Waals surface area contributed by atoms with Crippen LogP contribution in [-0.4, -0.2) is 15.5 Å². The van der Waals surface area contributed by atoms with Crippen LogP contribution in [0.15, 0.2) is 39.9 Å². The summed E-state index contributed by atoms with van der Waals surface area (Å²) in [6.07, 6.45) is 1.46. The van der Waals surface area contributed by atoms with Crippen molar-refractivity contribution in [3.05, 3.63) is 62.2 Å². The molecule has 0 aliphatic rings. The van der Waals surface area contributed by atoms with Gasteiger partial charge in [0.05, 0.1) is 18.6 Å². The zero-order valence-corrected chi connectivity index (χ0v) is 11.8. The van der Waals surface area contributed by atoms with Crippen molar-refractivity contribution in [2.75, 3.05) is 0 Å². The van der Waals surface area contributed by atoms with Crippen LogP contribution in [0.25, 0.3) is 0 Å². The third-order valence-corrected chi connectivity index (χ3v) is 3.69. The van der Waals surface area contributed by atoms with E-state index in [0.717, 1.165) is 0 Å². The van der Waals surface area contributed by atoms with Gasteiger partial charge in [0.1, 0.15) is 4.47 Å². The van der Waals surface area contributed by atoms with Crippen LogP contribution in [0.5, 0.6) is 0 Å². The standard InChI is InChI=1S/C13H12BrN3O2/c1-8-11(14)13(19)17(7-16-8)6-9-4-2-3-5-10(9)12(15)18/h2-5,7H,6H2,1H3,(H2,15,18). The molecule has 0 atom stereocenters. The van der Waals surface area contributed by atoms with Gasteiger partial charge < -0.3 is 5.73 Å². The number of carbonyl (C=O) groups excluding carboxylic acids is 1. The fourth-order valence-electron chi connectivity index (χ4n) is 1.74. The molecule has 2 rings (SSSR count).